The van der Waals surface area contributed by atoms with E-state index in [1.807, 2.05) is 6.08 Å². The van der Waals surface area contributed by atoms with Crippen LogP contribution >= 0.6 is 0 Å². The van der Waals surface area contributed by atoms with Crippen LogP contribution in [0.1, 0.15) is 65.2 Å². The Labute approximate surface area is 161 Å². The average Bonchev–Trinajstić information content (AvgIpc) is 2.94. The lowest BCUT2D eigenvalue weighted by Crippen LogP contribution is -2.58. The molecule has 0 aliphatic heterocycles. The molecule has 0 aromatic rings. The van der Waals surface area contributed by atoms with Gasteiger partial charge < -0.3 is 14.9 Å². The maximum atomic E-state index is 12.3. The second-order valence-electron chi connectivity index (χ2n) is 9.67. The molecule has 0 unspecified atom stereocenters. The molecule has 4 aliphatic rings. The van der Waals surface area contributed by atoms with Crippen LogP contribution in [-0.2, 0) is 14.3 Å². The van der Waals surface area contributed by atoms with Gasteiger partial charge in [-0.2, -0.15) is 0 Å². The summed E-state index contributed by atoms with van der Waals surface area (Å²) in [7, 11) is 0. The first kappa shape index (κ1) is 19.1. The minimum absolute atomic E-state index is 0.0788. The van der Waals surface area contributed by atoms with Crippen molar-refractivity contribution in [1.82, 2.24) is 0 Å². The van der Waals surface area contributed by atoms with Crippen LogP contribution in [0.5, 0.6) is 0 Å². The molecule has 0 heterocycles. The number of ketones is 1. The van der Waals surface area contributed by atoms with Crippen LogP contribution in [0.15, 0.2) is 11.6 Å². The largest absolute Gasteiger partial charge is 0.479 e. The van der Waals surface area contributed by atoms with E-state index in [4.69, 9.17) is 4.74 Å². The van der Waals surface area contributed by atoms with Gasteiger partial charge in [0, 0.05) is 11.8 Å². The maximum Gasteiger partial charge on any atom is 0.336 e. The van der Waals surface area contributed by atoms with Gasteiger partial charge in [0.2, 0.25) is 0 Å². The molecule has 27 heavy (non-hydrogen) atoms. The van der Waals surface area contributed by atoms with E-state index in [0.29, 0.717) is 30.6 Å². The first-order valence-electron chi connectivity index (χ1n) is 10.5. The molecule has 2 N–H and O–H groups in total. The monoisotopic (exact) mass is 376 g/mol. The van der Waals surface area contributed by atoms with Crippen molar-refractivity contribution in [1.29, 1.82) is 0 Å². The average molecular weight is 376 g/mol. The molecule has 4 aliphatic carbocycles. The molecule has 5 heteroatoms. The van der Waals surface area contributed by atoms with Crippen molar-refractivity contribution in [3.8, 4) is 0 Å². The second-order valence-corrected chi connectivity index (χ2v) is 9.67. The molecule has 0 radical (unpaired) electrons. The molecule has 3 fully saturated rings. The SMILES string of the molecule is C[C@]12CCC(=O)C=C1CC[C@@H]1[C@@H]2CC[C@@]2(C)[C@H]1CC[C@]2(OCCO)C(=O)O. The smallest absolute Gasteiger partial charge is 0.336 e. The number of fused-ring (bicyclic) bond motifs is 5. The third-order valence-electron chi connectivity index (χ3n) is 8.87. The summed E-state index contributed by atoms with van der Waals surface area (Å²) in [5, 5.41) is 19.3. The van der Waals surface area contributed by atoms with Crippen LogP contribution in [0.3, 0.4) is 0 Å². The molecule has 150 valence electrons. The number of rotatable bonds is 4. The summed E-state index contributed by atoms with van der Waals surface area (Å²) in [6.07, 6.45) is 8.76. The Bertz CT molecular complexity index is 684. The topological polar surface area (TPSA) is 83.8 Å². The number of hydrogen-bond donors (Lipinski definition) is 2. The molecule has 0 aromatic heterocycles. The number of carboxylic acids is 1. The van der Waals surface area contributed by atoms with Gasteiger partial charge in [0.1, 0.15) is 0 Å². The molecule has 0 bridgehead atoms. The van der Waals surface area contributed by atoms with E-state index in [2.05, 4.69) is 13.8 Å². The van der Waals surface area contributed by atoms with Crippen molar-refractivity contribution < 1.29 is 24.5 Å². The van der Waals surface area contributed by atoms with E-state index < -0.39 is 17.0 Å². The van der Waals surface area contributed by atoms with Crippen molar-refractivity contribution in [2.24, 2.45) is 28.6 Å². The molecule has 0 aromatic carbocycles. The zero-order valence-electron chi connectivity index (χ0n) is 16.5. The number of ether oxygens (including phenoxy) is 1. The van der Waals surface area contributed by atoms with Gasteiger partial charge in [0.05, 0.1) is 13.2 Å². The van der Waals surface area contributed by atoms with Crippen LogP contribution in [0.4, 0.5) is 0 Å². The van der Waals surface area contributed by atoms with E-state index in [9.17, 15) is 19.8 Å². The summed E-state index contributed by atoms with van der Waals surface area (Å²) in [4.78, 5) is 24.3. The Kier molecular flexibility index (Phi) is 4.54. The molecular formula is C22H32O5. The van der Waals surface area contributed by atoms with Crippen LogP contribution < -0.4 is 0 Å². The highest BCUT2D eigenvalue weighted by Gasteiger charge is 2.68. The maximum absolute atomic E-state index is 12.3. The first-order chi connectivity index (χ1) is 12.8. The number of carbonyl (C=O) groups excluding carboxylic acids is 1. The minimum Gasteiger partial charge on any atom is -0.479 e. The van der Waals surface area contributed by atoms with Crippen LogP contribution in [0.2, 0.25) is 0 Å². The van der Waals surface area contributed by atoms with E-state index in [1.54, 1.807) is 0 Å². The molecule has 0 saturated heterocycles. The highest BCUT2D eigenvalue weighted by molar-refractivity contribution is 5.91. The number of hydrogen-bond acceptors (Lipinski definition) is 4. The van der Waals surface area contributed by atoms with Crippen LogP contribution in [0, 0.1) is 28.6 Å². The van der Waals surface area contributed by atoms with Crippen LogP contribution in [-0.4, -0.2) is 40.8 Å². The normalized spacial score (nSPS) is 46.3. The summed E-state index contributed by atoms with van der Waals surface area (Å²) in [5.41, 5.74) is -0.136. The summed E-state index contributed by atoms with van der Waals surface area (Å²) >= 11 is 0. The quantitative estimate of drug-likeness (QED) is 0.786. The molecule has 5 nitrogen and oxygen atoms in total. The minimum atomic E-state index is -1.18. The number of aliphatic hydroxyl groups is 1. The van der Waals surface area contributed by atoms with Crippen LogP contribution in [0.25, 0.3) is 0 Å². The molecular weight excluding hydrogens is 344 g/mol. The highest BCUT2D eigenvalue weighted by Crippen LogP contribution is 2.68. The zero-order valence-corrected chi connectivity index (χ0v) is 16.5. The van der Waals surface area contributed by atoms with Crippen molar-refractivity contribution in [3.05, 3.63) is 11.6 Å². The summed E-state index contributed by atoms with van der Waals surface area (Å²) < 4.78 is 5.89. The van der Waals surface area contributed by atoms with E-state index in [-0.39, 0.29) is 24.4 Å². The van der Waals surface area contributed by atoms with Gasteiger partial charge in [-0.25, -0.2) is 4.79 Å². The molecule has 4 rings (SSSR count). The lowest BCUT2D eigenvalue weighted by atomic mass is 9.46. The molecule has 0 amide bonds. The lowest BCUT2D eigenvalue weighted by molar-refractivity contribution is -0.197. The van der Waals surface area contributed by atoms with Crippen molar-refractivity contribution in [3.63, 3.8) is 0 Å². The Morgan fingerprint density at radius 3 is 2.59 bits per heavy atom. The summed E-state index contributed by atoms with van der Waals surface area (Å²) in [5.74, 6) is 0.765. The van der Waals surface area contributed by atoms with Crippen molar-refractivity contribution in [2.75, 3.05) is 13.2 Å². The van der Waals surface area contributed by atoms with E-state index in [0.717, 1.165) is 38.5 Å². The molecule has 6 atom stereocenters. The van der Waals surface area contributed by atoms with Gasteiger partial charge >= 0.3 is 5.97 Å². The van der Waals surface area contributed by atoms with Gasteiger partial charge in [-0.1, -0.05) is 19.4 Å². The third kappa shape index (κ3) is 2.50. The lowest BCUT2D eigenvalue weighted by Gasteiger charge is -2.59. The van der Waals surface area contributed by atoms with E-state index >= 15 is 0 Å². The first-order valence-corrected chi connectivity index (χ1v) is 10.5. The Morgan fingerprint density at radius 2 is 1.89 bits per heavy atom. The number of allylic oxidation sites excluding steroid dienone is 1. The standard InChI is InChI=1S/C22H32O5/c1-20-8-5-15(24)13-14(20)3-4-16-17(20)6-9-21(2)18(16)7-10-22(21,19(25)26)27-12-11-23/h13,16-18,23H,3-12H2,1-2H3,(H,25,26)/t16-,17+,18+,20+,21+,22+/m1/s1. The van der Waals surface area contributed by atoms with Gasteiger partial charge in [-0.3, -0.25) is 4.79 Å². The Morgan fingerprint density at radius 1 is 1.15 bits per heavy atom. The fourth-order valence-electron chi connectivity index (χ4n) is 7.43. The molecule has 0 spiro atoms. The number of aliphatic hydroxyl groups excluding tert-OH is 1. The van der Waals surface area contributed by atoms with Gasteiger partial charge in [0.15, 0.2) is 11.4 Å². The number of aliphatic carboxylic acids is 1. The van der Waals surface area contributed by atoms with Gasteiger partial charge in [-0.05, 0) is 74.2 Å². The fraction of sp³-hybridized carbons (Fsp3) is 0.818. The third-order valence-corrected chi connectivity index (χ3v) is 8.87. The number of carbonyl (C=O) groups is 2. The summed E-state index contributed by atoms with van der Waals surface area (Å²) in [6, 6.07) is 0. The number of carboxylic acid groups (broad SMARTS) is 1. The highest BCUT2D eigenvalue weighted by atomic mass is 16.5. The van der Waals surface area contributed by atoms with E-state index in [1.165, 1.54) is 5.57 Å². The predicted molar refractivity (Wildman–Crippen MR) is 100 cm³/mol. The predicted octanol–water partition coefficient (Wildman–Crippen LogP) is 3.35. The zero-order chi connectivity index (χ0) is 19.4. The summed E-state index contributed by atoms with van der Waals surface area (Å²) in [6.45, 7) is 4.38. The van der Waals surface area contributed by atoms with Gasteiger partial charge in [0.25, 0.3) is 0 Å². The van der Waals surface area contributed by atoms with Crippen molar-refractivity contribution >= 4 is 11.8 Å². The van der Waals surface area contributed by atoms with Gasteiger partial charge in [-0.15, -0.1) is 0 Å². The second kappa shape index (κ2) is 6.41. The fourth-order valence-corrected chi connectivity index (χ4v) is 7.43. The van der Waals surface area contributed by atoms with Crippen molar-refractivity contribution in [2.45, 2.75) is 70.8 Å². The Hall–Kier alpha value is -1.20. The molecule has 3 saturated carbocycles. The Balaban J connectivity index is 1.67.